The average molecular weight is 427 g/mol. The Morgan fingerprint density at radius 3 is 2.52 bits per heavy atom. The van der Waals surface area contributed by atoms with E-state index in [0.29, 0.717) is 12.0 Å². The summed E-state index contributed by atoms with van der Waals surface area (Å²) in [6.45, 7) is 1.55. The second-order valence-electron chi connectivity index (χ2n) is 6.84. The predicted octanol–water partition coefficient (Wildman–Crippen LogP) is 3.67. The molecule has 1 fully saturated rings. The highest BCUT2D eigenvalue weighted by molar-refractivity contribution is 7.89. The normalized spacial score (nSPS) is 21.3. The molecule has 0 unspecified atom stereocenters. The van der Waals surface area contributed by atoms with E-state index in [0.717, 1.165) is 49.2 Å². The quantitative estimate of drug-likeness (QED) is 0.781. The zero-order chi connectivity index (χ0) is 20.4. The highest BCUT2D eigenvalue weighted by Crippen LogP contribution is 2.36. The molecular formula is C17H22ClF3N2O3S. The highest BCUT2D eigenvalue weighted by atomic mass is 35.5. The molecule has 1 aliphatic carbocycles. The van der Waals surface area contributed by atoms with E-state index in [1.807, 2.05) is 6.92 Å². The van der Waals surface area contributed by atoms with Gasteiger partial charge in [0, 0.05) is 13.1 Å². The number of nitrogens with one attached hydrogen (secondary N) is 1. The number of alkyl halides is 3. The number of halogens is 4. The van der Waals surface area contributed by atoms with Gasteiger partial charge in [-0.3, -0.25) is 4.79 Å². The molecule has 0 bridgehead atoms. The molecule has 152 valence electrons. The number of rotatable bonds is 5. The molecule has 1 amide bonds. The molecule has 0 radical (unpaired) electrons. The van der Waals surface area contributed by atoms with E-state index in [2.05, 4.69) is 5.32 Å². The van der Waals surface area contributed by atoms with Crippen molar-refractivity contribution in [3.63, 3.8) is 0 Å². The summed E-state index contributed by atoms with van der Waals surface area (Å²) in [6, 6.07) is 2.34. The Kier molecular flexibility index (Phi) is 6.81. The van der Waals surface area contributed by atoms with Gasteiger partial charge in [-0.2, -0.15) is 17.5 Å². The summed E-state index contributed by atoms with van der Waals surface area (Å²) in [5, 5.41) is 2.23. The Morgan fingerprint density at radius 2 is 1.93 bits per heavy atom. The summed E-state index contributed by atoms with van der Waals surface area (Å²) < 4.78 is 64.7. The van der Waals surface area contributed by atoms with Crippen LogP contribution >= 0.6 is 11.6 Å². The van der Waals surface area contributed by atoms with Gasteiger partial charge in [0.1, 0.15) is 0 Å². The minimum Gasteiger partial charge on any atom is -0.352 e. The van der Waals surface area contributed by atoms with Crippen molar-refractivity contribution in [3.05, 3.63) is 28.8 Å². The molecule has 0 heterocycles. The first-order valence-electron chi connectivity index (χ1n) is 8.55. The van der Waals surface area contributed by atoms with Crippen molar-refractivity contribution in [2.24, 2.45) is 5.92 Å². The molecule has 1 saturated carbocycles. The first-order valence-corrected chi connectivity index (χ1v) is 10.4. The van der Waals surface area contributed by atoms with Gasteiger partial charge in [-0.05, 0) is 37.0 Å². The Hall–Kier alpha value is -1.32. The number of carbonyl (C=O) groups is 1. The van der Waals surface area contributed by atoms with E-state index in [9.17, 15) is 26.4 Å². The predicted molar refractivity (Wildman–Crippen MR) is 95.8 cm³/mol. The van der Waals surface area contributed by atoms with Gasteiger partial charge in [-0.25, -0.2) is 8.42 Å². The van der Waals surface area contributed by atoms with Crippen LogP contribution in [0, 0.1) is 5.92 Å². The van der Waals surface area contributed by atoms with Crippen LogP contribution in [0.15, 0.2) is 23.1 Å². The van der Waals surface area contributed by atoms with Crippen LogP contribution in [0.1, 0.15) is 38.2 Å². The topological polar surface area (TPSA) is 66.5 Å². The molecule has 1 N–H and O–H groups in total. The molecule has 10 heteroatoms. The van der Waals surface area contributed by atoms with Gasteiger partial charge in [0.05, 0.1) is 22.0 Å². The molecule has 2 rings (SSSR count). The molecule has 0 saturated heterocycles. The van der Waals surface area contributed by atoms with Crippen LogP contribution in [0.2, 0.25) is 5.02 Å². The standard InChI is InChI=1S/C17H22ClF3N2O3S/c1-11-5-3-4-6-15(11)22-16(24)10-23(2)27(25,26)12-7-8-14(18)13(9-12)17(19,20)21/h7-9,11,15H,3-6,10H2,1-2H3,(H,22,24)/t11-,15-/m1/s1. The molecular weight excluding hydrogens is 405 g/mol. The molecule has 5 nitrogen and oxygen atoms in total. The number of nitrogens with zero attached hydrogens (tertiary/aromatic N) is 1. The smallest absolute Gasteiger partial charge is 0.352 e. The largest absolute Gasteiger partial charge is 0.417 e. The van der Waals surface area contributed by atoms with Gasteiger partial charge >= 0.3 is 6.18 Å². The van der Waals surface area contributed by atoms with Gasteiger partial charge in [0.25, 0.3) is 0 Å². The molecule has 1 aromatic carbocycles. The van der Waals surface area contributed by atoms with Crippen molar-refractivity contribution >= 4 is 27.5 Å². The number of hydrogen-bond donors (Lipinski definition) is 1. The van der Waals surface area contributed by atoms with Crippen LogP contribution < -0.4 is 5.32 Å². The van der Waals surface area contributed by atoms with Gasteiger partial charge in [-0.15, -0.1) is 0 Å². The van der Waals surface area contributed by atoms with Gasteiger partial charge in [0.2, 0.25) is 15.9 Å². The molecule has 0 aromatic heterocycles. The molecule has 1 aliphatic rings. The van der Waals surface area contributed by atoms with Gasteiger partial charge in [-0.1, -0.05) is 31.4 Å². The minimum atomic E-state index is -4.78. The Labute approximate surface area is 161 Å². The summed E-state index contributed by atoms with van der Waals surface area (Å²) in [6.07, 6.45) is -0.871. The second kappa shape index (κ2) is 8.36. The molecule has 2 atom stereocenters. The van der Waals surface area contributed by atoms with E-state index >= 15 is 0 Å². The van der Waals surface area contributed by atoms with Gasteiger partial charge < -0.3 is 5.32 Å². The fraction of sp³-hybridized carbons (Fsp3) is 0.588. The third-order valence-corrected chi connectivity index (χ3v) is 6.90. The third-order valence-electron chi connectivity index (χ3n) is 4.78. The zero-order valence-electron chi connectivity index (χ0n) is 15.0. The molecule has 1 aromatic rings. The summed E-state index contributed by atoms with van der Waals surface area (Å²) in [5.74, 6) is -0.181. The van der Waals surface area contributed by atoms with Crippen LogP contribution in [0.5, 0.6) is 0 Å². The number of sulfonamides is 1. The number of amides is 1. The van der Waals surface area contributed by atoms with E-state index in [1.54, 1.807) is 0 Å². The van der Waals surface area contributed by atoms with Gasteiger partial charge in [0.15, 0.2) is 0 Å². The first kappa shape index (κ1) is 22.0. The molecule has 0 aliphatic heterocycles. The minimum absolute atomic E-state index is 0.0188. The fourth-order valence-corrected chi connectivity index (χ4v) is 4.51. The first-order chi connectivity index (χ1) is 12.4. The molecule has 27 heavy (non-hydrogen) atoms. The van der Waals surface area contributed by atoms with Crippen molar-refractivity contribution in [3.8, 4) is 0 Å². The Morgan fingerprint density at radius 1 is 1.30 bits per heavy atom. The number of hydrogen-bond acceptors (Lipinski definition) is 3. The van der Waals surface area contributed by atoms with E-state index in [4.69, 9.17) is 11.6 Å². The summed E-state index contributed by atoms with van der Waals surface area (Å²) >= 11 is 5.52. The van der Waals surface area contributed by atoms with Crippen molar-refractivity contribution in [1.82, 2.24) is 9.62 Å². The van der Waals surface area contributed by atoms with E-state index < -0.39 is 44.1 Å². The summed E-state index contributed by atoms with van der Waals surface area (Å²) in [4.78, 5) is 11.6. The number of benzene rings is 1. The lowest BCUT2D eigenvalue weighted by atomic mass is 9.86. The van der Waals surface area contributed by atoms with E-state index in [1.165, 1.54) is 0 Å². The maximum atomic E-state index is 13.0. The number of carbonyl (C=O) groups excluding carboxylic acids is 1. The van der Waals surface area contributed by atoms with Crippen LogP contribution in [-0.4, -0.2) is 38.3 Å². The second-order valence-corrected chi connectivity index (χ2v) is 9.29. The maximum Gasteiger partial charge on any atom is 0.417 e. The summed E-state index contributed by atoms with van der Waals surface area (Å²) in [7, 11) is -3.12. The number of likely N-dealkylation sites (N-methyl/N-ethyl adjacent to an activating group) is 1. The fourth-order valence-electron chi connectivity index (χ4n) is 3.13. The Balaban J connectivity index is 2.13. The van der Waals surface area contributed by atoms with Crippen LogP contribution in [0.4, 0.5) is 13.2 Å². The Bertz CT molecular complexity index is 799. The van der Waals surface area contributed by atoms with Crippen molar-refractivity contribution in [1.29, 1.82) is 0 Å². The highest BCUT2D eigenvalue weighted by Gasteiger charge is 2.35. The monoisotopic (exact) mass is 426 g/mol. The third kappa shape index (κ3) is 5.36. The lowest BCUT2D eigenvalue weighted by Crippen LogP contribution is -2.46. The summed E-state index contributed by atoms with van der Waals surface area (Å²) in [5.41, 5.74) is -1.24. The van der Waals surface area contributed by atoms with Crippen molar-refractivity contribution < 1.29 is 26.4 Å². The molecule has 0 spiro atoms. The van der Waals surface area contributed by atoms with Crippen LogP contribution in [-0.2, 0) is 21.0 Å². The van der Waals surface area contributed by atoms with E-state index in [-0.39, 0.29) is 6.04 Å². The van der Waals surface area contributed by atoms with Crippen LogP contribution in [0.25, 0.3) is 0 Å². The average Bonchev–Trinajstić information content (AvgIpc) is 2.56. The SMILES string of the molecule is C[C@@H]1CCCC[C@H]1NC(=O)CN(C)S(=O)(=O)c1ccc(Cl)c(C(F)(F)F)c1. The zero-order valence-corrected chi connectivity index (χ0v) is 16.6. The van der Waals surface area contributed by atoms with Crippen LogP contribution in [0.3, 0.4) is 0 Å². The maximum absolute atomic E-state index is 13.0. The lowest BCUT2D eigenvalue weighted by Gasteiger charge is -2.30. The van der Waals surface area contributed by atoms with Crippen molar-refractivity contribution in [2.45, 2.75) is 49.7 Å². The van der Waals surface area contributed by atoms with Crippen molar-refractivity contribution in [2.75, 3.05) is 13.6 Å². The lowest BCUT2D eigenvalue weighted by molar-refractivity contribution is -0.137.